The number of rotatable bonds is 9. The van der Waals surface area contributed by atoms with Gasteiger partial charge in [0.1, 0.15) is 5.75 Å². The minimum atomic E-state index is -3.43. The van der Waals surface area contributed by atoms with Gasteiger partial charge in [0.25, 0.3) is 0 Å². The summed E-state index contributed by atoms with van der Waals surface area (Å²) in [5, 5.41) is 0. The van der Waals surface area contributed by atoms with Crippen LogP contribution in [0.1, 0.15) is 45.4 Å². The van der Waals surface area contributed by atoms with Gasteiger partial charge in [-0.05, 0) is 18.6 Å². The molecule has 5 heteroatoms. The molecule has 1 rings (SSSR count). The first kappa shape index (κ1) is 17.9. The van der Waals surface area contributed by atoms with Gasteiger partial charge in [0.15, 0.2) is 0 Å². The summed E-state index contributed by atoms with van der Waals surface area (Å²) in [6.45, 7) is 2.16. The van der Waals surface area contributed by atoms with E-state index >= 15 is 0 Å². The Balaban J connectivity index is 0.00000324. The lowest BCUT2D eigenvalue weighted by Gasteiger charge is -2.06. The molecule has 0 aliphatic rings. The second kappa shape index (κ2) is 9.81. The highest BCUT2D eigenvalue weighted by Crippen LogP contribution is 2.13. The lowest BCUT2D eigenvalue weighted by Crippen LogP contribution is -2.13. The Labute approximate surface area is 116 Å². The van der Waals surface area contributed by atoms with Crippen LogP contribution in [-0.2, 0) is 10.1 Å². The zero-order valence-corrected chi connectivity index (χ0v) is 12.5. The van der Waals surface area contributed by atoms with Gasteiger partial charge in [-0.25, -0.2) is 0 Å². The van der Waals surface area contributed by atoms with E-state index in [1.54, 1.807) is 24.3 Å². The van der Waals surface area contributed by atoms with Crippen LogP contribution >= 0.6 is 0 Å². The molecule has 0 heterocycles. The molecule has 0 spiro atoms. The standard InChI is InChI=1S/C14H22O3S.H3N/c1-2-3-4-5-6-10-13-18(15,16)17-14-11-8-7-9-12-14;/h7-9,11-12H,2-6,10,13H2,1H3;1H3. The van der Waals surface area contributed by atoms with Crippen LogP contribution in [0.15, 0.2) is 30.3 Å². The van der Waals surface area contributed by atoms with E-state index in [0.717, 1.165) is 12.8 Å². The fraction of sp³-hybridized carbons (Fsp3) is 0.571. The Morgan fingerprint density at radius 3 is 2.16 bits per heavy atom. The predicted molar refractivity (Wildman–Crippen MR) is 79.3 cm³/mol. The number of hydrogen-bond donors (Lipinski definition) is 1. The van der Waals surface area contributed by atoms with Gasteiger partial charge in [0.2, 0.25) is 0 Å². The first-order valence-electron chi connectivity index (χ1n) is 6.61. The predicted octanol–water partition coefficient (Wildman–Crippen LogP) is 3.92. The molecular formula is C14H25NO3S. The molecular weight excluding hydrogens is 262 g/mol. The Bertz CT molecular complexity index is 418. The van der Waals surface area contributed by atoms with Crippen LogP contribution in [0, 0.1) is 0 Å². The monoisotopic (exact) mass is 287 g/mol. The SMILES string of the molecule is CCCCCCCCS(=O)(=O)Oc1ccccc1.N. The summed E-state index contributed by atoms with van der Waals surface area (Å²) < 4.78 is 28.3. The molecule has 0 aromatic heterocycles. The topological polar surface area (TPSA) is 78.4 Å². The average molecular weight is 287 g/mol. The van der Waals surface area contributed by atoms with Crippen molar-refractivity contribution >= 4 is 10.1 Å². The van der Waals surface area contributed by atoms with Crippen molar-refractivity contribution in [3.8, 4) is 5.75 Å². The zero-order valence-electron chi connectivity index (χ0n) is 11.7. The summed E-state index contributed by atoms with van der Waals surface area (Å²) in [6, 6.07) is 8.65. The van der Waals surface area contributed by atoms with E-state index in [4.69, 9.17) is 4.18 Å². The van der Waals surface area contributed by atoms with Crippen molar-refractivity contribution in [1.29, 1.82) is 0 Å². The maximum Gasteiger partial charge on any atom is 0.309 e. The molecule has 0 saturated carbocycles. The molecule has 0 fully saturated rings. The summed E-state index contributed by atoms with van der Waals surface area (Å²) in [5.74, 6) is 0.497. The van der Waals surface area contributed by atoms with Crippen LogP contribution in [0.5, 0.6) is 5.75 Å². The Morgan fingerprint density at radius 2 is 1.53 bits per heavy atom. The molecule has 0 radical (unpaired) electrons. The molecule has 3 N–H and O–H groups in total. The summed E-state index contributed by atoms with van der Waals surface area (Å²) in [7, 11) is -3.43. The minimum Gasteiger partial charge on any atom is -0.382 e. The smallest absolute Gasteiger partial charge is 0.309 e. The van der Waals surface area contributed by atoms with Crippen LogP contribution in [0.4, 0.5) is 0 Å². The van der Waals surface area contributed by atoms with E-state index in [2.05, 4.69) is 6.92 Å². The van der Waals surface area contributed by atoms with Gasteiger partial charge in [-0.3, -0.25) is 0 Å². The zero-order chi connectivity index (χ0) is 13.3. The van der Waals surface area contributed by atoms with Gasteiger partial charge in [0, 0.05) is 0 Å². The quantitative estimate of drug-likeness (QED) is 0.551. The number of para-hydroxylation sites is 1. The molecule has 19 heavy (non-hydrogen) atoms. The molecule has 0 unspecified atom stereocenters. The van der Waals surface area contributed by atoms with Crippen molar-refractivity contribution in [2.75, 3.05) is 5.75 Å². The third kappa shape index (κ3) is 8.61. The molecule has 110 valence electrons. The second-order valence-electron chi connectivity index (χ2n) is 4.43. The molecule has 0 aliphatic carbocycles. The molecule has 4 nitrogen and oxygen atoms in total. The lowest BCUT2D eigenvalue weighted by molar-refractivity contribution is 0.481. The Hall–Kier alpha value is -1.07. The largest absolute Gasteiger partial charge is 0.382 e. The van der Waals surface area contributed by atoms with E-state index in [1.165, 1.54) is 19.3 Å². The van der Waals surface area contributed by atoms with E-state index < -0.39 is 10.1 Å². The van der Waals surface area contributed by atoms with E-state index in [9.17, 15) is 8.42 Å². The molecule has 0 bridgehead atoms. The fourth-order valence-electron chi connectivity index (χ4n) is 1.72. The van der Waals surface area contributed by atoms with Crippen LogP contribution in [0.2, 0.25) is 0 Å². The highest BCUT2D eigenvalue weighted by atomic mass is 32.2. The van der Waals surface area contributed by atoms with E-state index in [1.807, 2.05) is 6.07 Å². The van der Waals surface area contributed by atoms with Gasteiger partial charge < -0.3 is 10.3 Å². The van der Waals surface area contributed by atoms with Crippen molar-refractivity contribution in [3.05, 3.63) is 30.3 Å². The van der Waals surface area contributed by atoms with Crippen LogP contribution in [0.25, 0.3) is 0 Å². The normalized spacial score (nSPS) is 10.8. The van der Waals surface area contributed by atoms with Crippen LogP contribution in [-0.4, -0.2) is 14.2 Å². The van der Waals surface area contributed by atoms with Crippen molar-refractivity contribution in [1.82, 2.24) is 6.15 Å². The number of hydrogen-bond acceptors (Lipinski definition) is 4. The fourth-order valence-corrected chi connectivity index (χ4v) is 2.77. The highest BCUT2D eigenvalue weighted by Gasteiger charge is 2.11. The lowest BCUT2D eigenvalue weighted by atomic mass is 10.1. The maximum absolute atomic E-state index is 11.7. The second-order valence-corrected chi connectivity index (χ2v) is 6.12. The summed E-state index contributed by atoms with van der Waals surface area (Å²) in [6.07, 6.45) is 6.36. The molecule has 0 atom stereocenters. The van der Waals surface area contributed by atoms with Gasteiger partial charge in [-0.1, -0.05) is 57.2 Å². The molecule has 0 amide bonds. The van der Waals surface area contributed by atoms with Gasteiger partial charge in [0.05, 0.1) is 5.75 Å². The molecule has 0 aliphatic heterocycles. The molecule has 1 aromatic carbocycles. The summed E-state index contributed by atoms with van der Waals surface area (Å²) >= 11 is 0. The van der Waals surface area contributed by atoms with Crippen LogP contribution in [0.3, 0.4) is 0 Å². The maximum atomic E-state index is 11.7. The third-order valence-corrected chi connectivity index (χ3v) is 3.95. The third-order valence-electron chi connectivity index (χ3n) is 2.71. The first-order valence-corrected chi connectivity index (χ1v) is 8.19. The highest BCUT2D eigenvalue weighted by molar-refractivity contribution is 7.87. The molecule has 1 aromatic rings. The van der Waals surface area contributed by atoms with Crippen molar-refractivity contribution in [2.24, 2.45) is 0 Å². The van der Waals surface area contributed by atoms with Crippen molar-refractivity contribution in [3.63, 3.8) is 0 Å². The molecule has 0 saturated heterocycles. The van der Waals surface area contributed by atoms with Gasteiger partial charge in [-0.15, -0.1) is 0 Å². The van der Waals surface area contributed by atoms with Crippen LogP contribution < -0.4 is 10.3 Å². The number of unbranched alkanes of at least 4 members (excludes halogenated alkanes) is 5. The van der Waals surface area contributed by atoms with E-state index in [0.29, 0.717) is 12.2 Å². The summed E-state index contributed by atoms with van der Waals surface area (Å²) in [5.41, 5.74) is 0. The first-order chi connectivity index (χ1) is 8.64. The Morgan fingerprint density at radius 1 is 0.947 bits per heavy atom. The number of benzene rings is 1. The minimum absolute atomic E-state index is 0. The van der Waals surface area contributed by atoms with Gasteiger partial charge >= 0.3 is 10.1 Å². The summed E-state index contributed by atoms with van der Waals surface area (Å²) in [4.78, 5) is 0. The van der Waals surface area contributed by atoms with Gasteiger partial charge in [-0.2, -0.15) is 8.42 Å². The van der Waals surface area contributed by atoms with Crippen molar-refractivity contribution in [2.45, 2.75) is 45.4 Å². The van der Waals surface area contributed by atoms with E-state index in [-0.39, 0.29) is 11.9 Å². The van der Waals surface area contributed by atoms with Crippen molar-refractivity contribution < 1.29 is 12.6 Å². The Kier molecular flexibility index (Phi) is 9.26. The average Bonchev–Trinajstić information content (AvgIpc) is 2.34.